The van der Waals surface area contributed by atoms with Gasteiger partial charge in [0.25, 0.3) is 0 Å². The number of aromatic nitrogens is 4. The van der Waals surface area contributed by atoms with Crippen molar-refractivity contribution in [3.05, 3.63) is 36.7 Å². The van der Waals surface area contributed by atoms with Crippen molar-refractivity contribution in [3.8, 4) is 11.1 Å². The molecule has 0 spiro atoms. The largest absolute Gasteiger partial charge is 0.308 e. The van der Waals surface area contributed by atoms with Gasteiger partial charge in [-0.25, -0.2) is 0 Å². The number of anilines is 1. The van der Waals surface area contributed by atoms with Crippen LogP contribution >= 0.6 is 0 Å². The number of rotatable bonds is 3. The smallest absolute Gasteiger partial charge is 0.242 e. The maximum Gasteiger partial charge on any atom is 0.242 e. The molecular formula is C18H20N6O. The number of hydrogen-bond donors (Lipinski definition) is 2. The Morgan fingerprint density at radius 1 is 1.24 bits per heavy atom. The van der Waals surface area contributed by atoms with Gasteiger partial charge in [0.15, 0.2) is 5.82 Å². The lowest BCUT2D eigenvalue weighted by molar-refractivity contribution is -0.118. The number of hydrogen-bond acceptors (Lipinski definition) is 5. The predicted molar refractivity (Wildman–Crippen MR) is 96.0 cm³/mol. The summed E-state index contributed by atoms with van der Waals surface area (Å²) in [5.41, 5.74) is 2.89. The Morgan fingerprint density at radius 2 is 2.16 bits per heavy atom. The molecule has 1 fully saturated rings. The van der Waals surface area contributed by atoms with E-state index in [1.807, 2.05) is 43.7 Å². The molecule has 7 heteroatoms. The molecular weight excluding hydrogens is 316 g/mol. The van der Waals surface area contributed by atoms with Gasteiger partial charge in [0.1, 0.15) is 0 Å². The second kappa shape index (κ2) is 6.60. The van der Waals surface area contributed by atoms with Crippen LogP contribution in [-0.4, -0.2) is 38.5 Å². The summed E-state index contributed by atoms with van der Waals surface area (Å²) in [6.07, 6.45) is 6.85. The lowest BCUT2D eigenvalue weighted by Crippen LogP contribution is -2.43. The summed E-state index contributed by atoms with van der Waals surface area (Å²) in [6.45, 7) is 0.885. The van der Waals surface area contributed by atoms with Crippen molar-refractivity contribution in [2.75, 3.05) is 11.9 Å². The fourth-order valence-corrected chi connectivity index (χ4v) is 3.14. The zero-order valence-corrected chi connectivity index (χ0v) is 14.1. The first-order chi connectivity index (χ1) is 12.2. The minimum absolute atomic E-state index is 0.0447. The number of carbonyl (C=O) groups excluding carboxylic acids is 1. The highest BCUT2D eigenvalue weighted by Gasteiger charge is 2.20. The zero-order chi connectivity index (χ0) is 17.2. The Balaban J connectivity index is 1.59. The van der Waals surface area contributed by atoms with Gasteiger partial charge < -0.3 is 10.6 Å². The molecule has 0 saturated carbocycles. The lowest BCUT2D eigenvalue weighted by atomic mass is 10.0. The van der Waals surface area contributed by atoms with Crippen LogP contribution in [0.3, 0.4) is 0 Å². The van der Waals surface area contributed by atoms with Gasteiger partial charge in [-0.15, -0.1) is 10.2 Å². The summed E-state index contributed by atoms with van der Waals surface area (Å²) in [5.74, 6) is 0.435. The van der Waals surface area contributed by atoms with Gasteiger partial charge in [-0.1, -0.05) is 12.5 Å². The standard InChI is InChI=1S/C18H20N6O/c1-24-11-14(10-20-24)12-5-6-15-13(8-12)9-17(23-22-15)21-18(25)16-4-2-3-7-19-16/h5-6,8-11,16,19H,2-4,7H2,1H3,(H,21,23,25). The van der Waals surface area contributed by atoms with Gasteiger partial charge in [-0.2, -0.15) is 5.10 Å². The van der Waals surface area contributed by atoms with Gasteiger partial charge in [0, 0.05) is 24.2 Å². The van der Waals surface area contributed by atoms with E-state index in [2.05, 4.69) is 25.9 Å². The van der Waals surface area contributed by atoms with Crippen LogP contribution in [0.15, 0.2) is 36.7 Å². The number of piperidine rings is 1. The van der Waals surface area contributed by atoms with Crippen molar-refractivity contribution in [1.29, 1.82) is 0 Å². The van der Waals surface area contributed by atoms with Crippen molar-refractivity contribution in [1.82, 2.24) is 25.3 Å². The molecule has 0 bridgehead atoms. The fourth-order valence-electron chi connectivity index (χ4n) is 3.14. The maximum absolute atomic E-state index is 12.3. The van der Waals surface area contributed by atoms with Crippen LogP contribution in [0.2, 0.25) is 0 Å². The van der Waals surface area contributed by atoms with E-state index in [1.54, 1.807) is 4.68 Å². The molecule has 0 radical (unpaired) electrons. The van der Waals surface area contributed by atoms with Gasteiger partial charge in [-0.3, -0.25) is 9.48 Å². The molecule has 1 amide bonds. The minimum Gasteiger partial charge on any atom is -0.308 e. The highest BCUT2D eigenvalue weighted by Crippen LogP contribution is 2.24. The van der Waals surface area contributed by atoms with E-state index in [1.165, 1.54) is 0 Å². The second-order valence-electron chi connectivity index (χ2n) is 6.40. The maximum atomic E-state index is 12.3. The van der Waals surface area contributed by atoms with Gasteiger partial charge in [-0.05, 0) is 43.1 Å². The van der Waals surface area contributed by atoms with Crippen LogP contribution in [0.4, 0.5) is 5.82 Å². The Labute approximate surface area is 145 Å². The quantitative estimate of drug-likeness (QED) is 0.765. The summed E-state index contributed by atoms with van der Waals surface area (Å²) < 4.78 is 1.77. The van der Waals surface area contributed by atoms with Crippen molar-refractivity contribution >= 4 is 22.6 Å². The monoisotopic (exact) mass is 336 g/mol. The lowest BCUT2D eigenvalue weighted by Gasteiger charge is -2.22. The van der Waals surface area contributed by atoms with Crippen LogP contribution < -0.4 is 10.6 Å². The van der Waals surface area contributed by atoms with Crippen molar-refractivity contribution in [2.45, 2.75) is 25.3 Å². The third-order valence-electron chi connectivity index (χ3n) is 4.50. The van der Waals surface area contributed by atoms with Gasteiger partial charge in [0.05, 0.1) is 17.8 Å². The van der Waals surface area contributed by atoms with E-state index in [4.69, 9.17) is 0 Å². The molecule has 3 heterocycles. The molecule has 1 aromatic carbocycles. The van der Waals surface area contributed by atoms with E-state index >= 15 is 0 Å². The van der Waals surface area contributed by atoms with Gasteiger partial charge in [0.2, 0.25) is 5.91 Å². The van der Waals surface area contributed by atoms with E-state index in [0.29, 0.717) is 5.82 Å². The van der Waals surface area contributed by atoms with Crippen LogP contribution in [0.25, 0.3) is 22.0 Å². The summed E-state index contributed by atoms with van der Waals surface area (Å²) >= 11 is 0. The molecule has 7 nitrogen and oxygen atoms in total. The number of aryl methyl sites for hydroxylation is 1. The molecule has 1 saturated heterocycles. The first-order valence-electron chi connectivity index (χ1n) is 8.50. The van der Waals surface area contributed by atoms with E-state index in [-0.39, 0.29) is 11.9 Å². The fraction of sp³-hybridized carbons (Fsp3) is 0.333. The van der Waals surface area contributed by atoms with Crippen molar-refractivity contribution in [2.24, 2.45) is 7.05 Å². The average Bonchev–Trinajstić information content (AvgIpc) is 3.08. The molecule has 128 valence electrons. The highest BCUT2D eigenvalue weighted by atomic mass is 16.2. The van der Waals surface area contributed by atoms with E-state index in [0.717, 1.165) is 47.8 Å². The molecule has 1 aliphatic heterocycles. The summed E-state index contributed by atoms with van der Waals surface area (Å²) in [4.78, 5) is 12.3. The average molecular weight is 336 g/mol. The number of nitrogens with one attached hydrogen (secondary N) is 2. The molecule has 1 aliphatic rings. The van der Waals surface area contributed by atoms with Crippen LogP contribution in [0.5, 0.6) is 0 Å². The molecule has 4 rings (SSSR count). The molecule has 3 aromatic rings. The van der Waals surface area contributed by atoms with Gasteiger partial charge >= 0.3 is 0 Å². The number of amides is 1. The number of carbonyl (C=O) groups is 1. The first-order valence-corrected chi connectivity index (χ1v) is 8.50. The minimum atomic E-state index is -0.145. The molecule has 1 atom stereocenters. The van der Waals surface area contributed by atoms with Crippen LogP contribution in [-0.2, 0) is 11.8 Å². The third kappa shape index (κ3) is 3.36. The second-order valence-corrected chi connectivity index (χ2v) is 6.40. The SMILES string of the molecule is Cn1cc(-c2ccc3nnc(NC(=O)C4CCCCN4)cc3c2)cn1. The Morgan fingerprint density at radius 3 is 2.92 bits per heavy atom. The summed E-state index contributed by atoms with van der Waals surface area (Å²) in [5, 5.41) is 19.6. The Bertz CT molecular complexity index is 913. The molecule has 2 N–H and O–H groups in total. The third-order valence-corrected chi connectivity index (χ3v) is 4.50. The molecule has 25 heavy (non-hydrogen) atoms. The Hall–Kier alpha value is -2.80. The van der Waals surface area contributed by atoms with Crippen molar-refractivity contribution < 1.29 is 4.79 Å². The molecule has 1 unspecified atom stereocenters. The first kappa shape index (κ1) is 15.7. The number of fused-ring (bicyclic) bond motifs is 1. The van der Waals surface area contributed by atoms with E-state index in [9.17, 15) is 4.79 Å². The molecule has 2 aromatic heterocycles. The van der Waals surface area contributed by atoms with Crippen LogP contribution in [0, 0.1) is 0 Å². The Kier molecular flexibility index (Phi) is 4.15. The van der Waals surface area contributed by atoms with Crippen LogP contribution in [0.1, 0.15) is 19.3 Å². The highest BCUT2D eigenvalue weighted by molar-refractivity contribution is 5.95. The predicted octanol–water partition coefficient (Wildman–Crippen LogP) is 2.11. The zero-order valence-electron chi connectivity index (χ0n) is 14.1. The number of nitrogens with zero attached hydrogens (tertiary/aromatic N) is 4. The normalized spacial score (nSPS) is 17.6. The van der Waals surface area contributed by atoms with Crippen molar-refractivity contribution in [3.63, 3.8) is 0 Å². The summed E-state index contributed by atoms with van der Waals surface area (Å²) in [6, 6.07) is 7.68. The topological polar surface area (TPSA) is 84.7 Å². The number of benzene rings is 1. The molecule has 0 aliphatic carbocycles. The van der Waals surface area contributed by atoms with E-state index < -0.39 is 0 Å². The summed E-state index contributed by atoms with van der Waals surface area (Å²) in [7, 11) is 1.89.